The average molecular weight is 699 g/mol. The molecule has 54 heavy (non-hydrogen) atoms. The van der Waals surface area contributed by atoms with Crippen LogP contribution in [0.15, 0.2) is 146 Å². The van der Waals surface area contributed by atoms with Crippen LogP contribution in [0.25, 0.3) is 56.4 Å². The maximum absolute atomic E-state index is 9.28. The van der Waals surface area contributed by atoms with Crippen LogP contribution in [0.4, 0.5) is 0 Å². The SMILES string of the molecule is N#Cc1ccc(-c2ccc(C3(c4ccc(-c5ccc(-c6nc(-c7ccncc7)nc(-c7ccncc7)n6)cc5)cc4)C4CC5CC(C4)CC3C5)cc2)cc1. The molecule has 4 bridgehead atoms. The van der Waals surface area contributed by atoms with Gasteiger partial charge in [0.1, 0.15) is 0 Å². The summed E-state index contributed by atoms with van der Waals surface area (Å²) in [4.78, 5) is 22.9. The predicted molar refractivity (Wildman–Crippen MR) is 212 cm³/mol. The van der Waals surface area contributed by atoms with Crippen molar-refractivity contribution in [3.05, 3.63) is 163 Å². The normalized spacial score (nSPS) is 22.5. The zero-order valence-corrected chi connectivity index (χ0v) is 29.9. The van der Waals surface area contributed by atoms with Gasteiger partial charge in [0, 0.05) is 46.9 Å². The molecule has 4 aromatic carbocycles. The van der Waals surface area contributed by atoms with Crippen molar-refractivity contribution >= 4 is 0 Å². The van der Waals surface area contributed by atoms with E-state index in [2.05, 4.69) is 101 Å². The molecule has 0 N–H and O–H groups in total. The summed E-state index contributed by atoms with van der Waals surface area (Å²) >= 11 is 0. The third-order valence-electron chi connectivity index (χ3n) is 12.5. The highest BCUT2D eigenvalue weighted by molar-refractivity contribution is 5.71. The third kappa shape index (κ3) is 5.59. The van der Waals surface area contributed by atoms with E-state index in [4.69, 9.17) is 15.0 Å². The maximum atomic E-state index is 9.28. The van der Waals surface area contributed by atoms with Gasteiger partial charge in [-0.25, -0.2) is 15.0 Å². The number of benzene rings is 4. The van der Waals surface area contributed by atoms with Crippen LogP contribution >= 0.6 is 0 Å². The van der Waals surface area contributed by atoms with Gasteiger partial charge < -0.3 is 0 Å². The summed E-state index contributed by atoms with van der Waals surface area (Å²) in [5.74, 6) is 4.92. The van der Waals surface area contributed by atoms with Crippen LogP contribution in [-0.2, 0) is 5.41 Å². The van der Waals surface area contributed by atoms with Crippen LogP contribution in [-0.4, -0.2) is 24.9 Å². The first-order chi connectivity index (χ1) is 26.6. The van der Waals surface area contributed by atoms with Gasteiger partial charge in [0.15, 0.2) is 17.5 Å². The summed E-state index contributed by atoms with van der Waals surface area (Å²) < 4.78 is 0. The Balaban J connectivity index is 0.978. The van der Waals surface area contributed by atoms with E-state index in [0.717, 1.165) is 39.7 Å². The minimum Gasteiger partial charge on any atom is -0.265 e. The molecule has 7 aromatic rings. The zero-order valence-electron chi connectivity index (χ0n) is 29.9. The first-order valence-electron chi connectivity index (χ1n) is 19.0. The Kier molecular flexibility index (Phi) is 7.95. The van der Waals surface area contributed by atoms with Crippen LogP contribution in [0.2, 0.25) is 0 Å². The number of hydrogen-bond donors (Lipinski definition) is 0. The van der Waals surface area contributed by atoms with Crippen LogP contribution < -0.4 is 0 Å². The lowest BCUT2D eigenvalue weighted by Gasteiger charge is -2.62. The fourth-order valence-electron chi connectivity index (χ4n) is 10.2. The van der Waals surface area contributed by atoms with E-state index >= 15 is 0 Å². The Morgan fingerprint density at radius 1 is 0.407 bits per heavy atom. The van der Waals surface area contributed by atoms with Gasteiger partial charge in [-0.3, -0.25) is 9.97 Å². The summed E-state index contributed by atoms with van der Waals surface area (Å²) in [5, 5.41) is 9.28. The molecule has 0 saturated heterocycles. The Morgan fingerprint density at radius 2 is 0.741 bits per heavy atom. The van der Waals surface area contributed by atoms with Crippen molar-refractivity contribution in [1.82, 2.24) is 24.9 Å². The third-order valence-corrected chi connectivity index (χ3v) is 12.5. The number of pyridine rings is 2. The number of nitrogens with zero attached hydrogens (tertiary/aromatic N) is 6. The van der Waals surface area contributed by atoms with E-state index in [9.17, 15) is 5.26 Å². The summed E-state index contributed by atoms with van der Waals surface area (Å²) in [6.45, 7) is 0. The number of hydrogen-bond acceptors (Lipinski definition) is 6. The molecule has 0 unspecified atom stereocenters. The second kappa shape index (κ2) is 13.3. The molecule has 4 aliphatic rings. The summed E-state index contributed by atoms with van der Waals surface area (Å²) in [6.07, 6.45) is 13.8. The van der Waals surface area contributed by atoms with Crippen molar-refractivity contribution in [2.75, 3.05) is 0 Å². The second-order valence-corrected chi connectivity index (χ2v) is 15.4. The first kappa shape index (κ1) is 32.3. The van der Waals surface area contributed by atoms with Gasteiger partial charge in [-0.05, 0) is 126 Å². The van der Waals surface area contributed by atoms with E-state index in [1.807, 2.05) is 36.4 Å². The minimum absolute atomic E-state index is 0.0245. The van der Waals surface area contributed by atoms with E-state index in [1.165, 1.54) is 54.4 Å². The summed E-state index contributed by atoms with van der Waals surface area (Å²) in [6, 6.07) is 45.3. The Hall–Kier alpha value is -6.32. The van der Waals surface area contributed by atoms with E-state index in [-0.39, 0.29) is 5.41 Å². The molecule has 0 atom stereocenters. The van der Waals surface area contributed by atoms with Crippen LogP contribution in [0.1, 0.15) is 48.8 Å². The largest absolute Gasteiger partial charge is 0.265 e. The summed E-state index contributed by atoms with van der Waals surface area (Å²) in [7, 11) is 0. The van der Waals surface area contributed by atoms with E-state index in [0.29, 0.717) is 34.9 Å². The topological polar surface area (TPSA) is 88.2 Å². The lowest BCUT2D eigenvalue weighted by atomic mass is 9.42. The van der Waals surface area contributed by atoms with Crippen molar-refractivity contribution in [1.29, 1.82) is 5.26 Å². The highest BCUT2D eigenvalue weighted by Crippen LogP contribution is 2.65. The molecule has 0 spiro atoms. The van der Waals surface area contributed by atoms with Crippen molar-refractivity contribution in [2.45, 2.75) is 37.5 Å². The Morgan fingerprint density at radius 3 is 1.13 bits per heavy atom. The van der Waals surface area contributed by atoms with Gasteiger partial charge >= 0.3 is 0 Å². The standard InChI is InChI=1S/C48H38N6/c49-30-31-1-3-34(4-2-31)36-9-13-41(14-10-36)48(43-26-32-25-33(28-43)29-44(48)27-32)42-15-11-37(12-16-42)35-5-7-38(8-6-35)45-52-46(39-17-21-50-22-18-39)54-47(53-45)40-19-23-51-24-20-40/h1-24,32-33,43-44H,25-29H2. The molecule has 3 heterocycles. The number of rotatable bonds is 7. The fourth-order valence-corrected chi connectivity index (χ4v) is 10.2. The second-order valence-electron chi connectivity index (χ2n) is 15.4. The van der Waals surface area contributed by atoms with Crippen LogP contribution in [0.3, 0.4) is 0 Å². The molecule has 0 aliphatic heterocycles. The number of nitriles is 1. The van der Waals surface area contributed by atoms with Gasteiger partial charge in [-0.2, -0.15) is 5.26 Å². The number of aromatic nitrogens is 5. The highest BCUT2D eigenvalue weighted by atomic mass is 15.0. The fraction of sp³-hybridized carbons (Fsp3) is 0.208. The highest BCUT2D eigenvalue weighted by Gasteiger charge is 2.58. The molecule has 6 nitrogen and oxygen atoms in total. The van der Waals surface area contributed by atoms with Gasteiger partial charge in [-0.15, -0.1) is 0 Å². The van der Waals surface area contributed by atoms with Gasteiger partial charge in [0.05, 0.1) is 11.6 Å². The molecule has 11 rings (SSSR count). The molecule has 6 heteroatoms. The molecule has 260 valence electrons. The molecular formula is C48H38N6. The smallest absolute Gasteiger partial charge is 0.164 e. The Labute approximate surface area is 315 Å². The Bertz CT molecular complexity index is 2390. The van der Waals surface area contributed by atoms with Crippen molar-refractivity contribution < 1.29 is 0 Å². The average Bonchev–Trinajstić information content (AvgIpc) is 3.24. The zero-order chi connectivity index (χ0) is 36.1. The van der Waals surface area contributed by atoms with Crippen molar-refractivity contribution in [3.8, 4) is 62.5 Å². The van der Waals surface area contributed by atoms with E-state index in [1.54, 1.807) is 24.8 Å². The maximum Gasteiger partial charge on any atom is 0.164 e. The first-order valence-corrected chi connectivity index (χ1v) is 19.0. The van der Waals surface area contributed by atoms with Crippen LogP contribution in [0.5, 0.6) is 0 Å². The van der Waals surface area contributed by atoms with Crippen LogP contribution in [0, 0.1) is 35.0 Å². The van der Waals surface area contributed by atoms with Gasteiger partial charge in [0.25, 0.3) is 0 Å². The lowest BCUT2D eigenvalue weighted by molar-refractivity contribution is -0.0418. The molecule has 0 radical (unpaired) electrons. The molecule has 0 amide bonds. The minimum atomic E-state index is 0.0245. The monoisotopic (exact) mass is 698 g/mol. The molecule has 4 aliphatic carbocycles. The molecular weight excluding hydrogens is 661 g/mol. The molecule has 4 saturated carbocycles. The van der Waals surface area contributed by atoms with Crippen molar-refractivity contribution in [3.63, 3.8) is 0 Å². The van der Waals surface area contributed by atoms with Crippen molar-refractivity contribution in [2.24, 2.45) is 23.7 Å². The quantitative estimate of drug-likeness (QED) is 0.165. The van der Waals surface area contributed by atoms with E-state index < -0.39 is 0 Å². The van der Waals surface area contributed by atoms with Gasteiger partial charge in [-0.1, -0.05) is 84.9 Å². The predicted octanol–water partition coefficient (Wildman–Crippen LogP) is 10.6. The molecule has 4 fully saturated rings. The summed E-state index contributed by atoms with van der Waals surface area (Å²) in [5.41, 5.74) is 11.0. The van der Waals surface area contributed by atoms with Gasteiger partial charge in [0.2, 0.25) is 0 Å². The lowest BCUT2D eigenvalue weighted by Crippen LogP contribution is -2.56. The molecule has 3 aromatic heterocycles.